The fourth-order valence-electron chi connectivity index (χ4n) is 2.29. The Labute approximate surface area is 130 Å². The summed E-state index contributed by atoms with van der Waals surface area (Å²) in [5, 5.41) is 0. The molecule has 2 aromatic rings. The maximum Gasteiger partial charge on any atom is 0.269 e. The van der Waals surface area contributed by atoms with E-state index in [9.17, 15) is 9.59 Å². The zero-order valence-corrected chi connectivity index (χ0v) is 13.1. The van der Waals surface area contributed by atoms with Crippen LogP contribution in [0.1, 0.15) is 32.6 Å². The average Bonchev–Trinajstić information content (AvgIpc) is 2.47. The second-order valence-corrected chi connectivity index (χ2v) is 5.42. The first kappa shape index (κ1) is 15.8. The van der Waals surface area contributed by atoms with Gasteiger partial charge in [-0.2, -0.15) is 0 Å². The highest BCUT2D eigenvalue weighted by Crippen LogP contribution is 2.10. The van der Waals surface area contributed by atoms with Crippen molar-refractivity contribution in [3.8, 4) is 0 Å². The van der Waals surface area contributed by atoms with Gasteiger partial charge in [0, 0.05) is 5.56 Å². The minimum absolute atomic E-state index is 0.236. The lowest BCUT2D eigenvalue weighted by Crippen LogP contribution is -2.42. The Bertz CT molecular complexity index is 708. The van der Waals surface area contributed by atoms with Gasteiger partial charge in [0.15, 0.2) is 0 Å². The summed E-state index contributed by atoms with van der Waals surface area (Å²) in [6, 6.07) is 13.2. The largest absolute Gasteiger partial charge is 0.273 e. The molecule has 0 spiro atoms. The first-order valence-corrected chi connectivity index (χ1v) is 7.18. The Morgan fingerprint density at radius 2 is 1.64 bits per heavy atom. The molecule has 2 aromatic carbocycles. The van der Waals surface area contributed by atoms with Crippen molar-refractivity contribution in [2.75, 3.05) is 0 Å². The molecule has 0 aromatic heterocycles. The molecule has 0 aliphatic heterocycles. The summed E-state index contributed by atoms with van der Waals surface area (Å²) in [6.07, 6.45) is 0.236. The van der Waals surface area contributed by atoms with E-state index in [4.69, 9.17) is 0 Å². The van der Waals surface area contributed by atoms with E-state index in [2.05, 4.69) is 10.9 Å². The molecule has 0 aliphatic rings. The number of hydrogen-bond acceptors (Lipinski definition) is 2. The SMILES string of the molecule is Cc1ccc(C(=O)NNC(=O)Cc2ccccc2C)c(C)c1. The number of rotatable bonds is 3. The highest BCUT2D eigenvalue weighted by Gasteiger charge is 2.11. The maximum atomic E-state index is 12.1. The lowest BCUT2D eigenvalue weighted by Gasteiger charge is -2.10. The summed E-state index contributed by atoms with van der Waals surface area (Å²) in [5.74, 6) is -0.553. The lowest BCUT2D eigenvalue weighted by molar-refractivity contribution is -0.121. The summed E-state index contributed by atoms with van der Waals surface area (Å²) < 4.78 is 0. The van der Waals surface area contributed by atoms with Gasteiger partial charge < -0.3 is 0 Å². The number of carbonyl (C=O) groups excluding carboxylic acids is 2. The molecular weight excluding hydrogens is 276 g/mol. The van der Waals surface area contributed by atoms with E-state index in [1.807, 2.05) is 57.2 Å². The fraction of sp³-hybridized carbons (Fsp3) is 0.222. The number of nitrogens with one attached hydrogen (secondary N) is 2. The van der Waals surface area contributed by atoms with Gasteiger partial charge in [0.05, 0.1) is 6.42 Å². The quantitative estimate of drug-likeness (QED) is 0.855. The molecule has 114 valence electrons. The average molecular weight is 296 g/mol. The van der Waals surface area contributed by atoms with Crippen molar-refractivity contribution in [3.05, 3.63) is 70.3 Å². The van der Waals surface area contributed by atoms with E-state index in [1.54, 1.807) is 6.07 Å². The minimum Gasteiger partial charge on any atom is -0.273 e. The Hall–Kier alpha value is -2.62. The van der Waals surface area contributed by atoms with Crippen molar-refractivity contribution in [2.24, 2.45) is 0 Å². The highest BCUT2D eigenvalue weighted by molar-refractivity contribution is 5.96. The van der Waals surface area contributed by atoms with Crippen LogP contribution in [-0.4, -0.2) is 11.8 Å². The van der Waals surface area contributed by atoms with Gasteiger partial charge in [-0.15, -0.1) is 0 Å². The molecular formula is C18H20N2O2. The van der Waals surface area contributed by atoms with Crippen molar-refractivity contribution in [1.82, 2.24) is 10.9 Å². The van der Waals surface area contributed by atoms with Crippen LogP contribution in [0.2, 0.25) is 0 Å². The van der Waals surface area contributed by atoms with E-state index < -0.39 is 0 Å². The zero-order valence-electron chi connectivity index (χ0n) is 13.1. The monoisotopic (exact) mass is 296 g/mol. The molecule has 2 amide bonds. The molecule has 22 heavy (non-hydrogen) atoms. The van der Waals surface area contributed by atoms with Crippen molar-refractivity contribution in [1.29, 1.82) is 0 Å². The topological polar surface area (TPSA) is 58.2 Å². The summed E-state index contributed by atoms with van der Waals surface area (Å²) in [6.45, 7) is 5.80. The van der Waals surface area contributed by atoms with Crippen LogP contribution in [0.15, 0.2) is 42.5 Å². The van der Waals surface area contributed by atoms with E-state index in [-0.39, 0.29) is 18.2 Å². The summed E-state index contributed by atoms with van der Waals surface area (Å²) >= 11 is 0. The first-order valence-electron chi connectivity index (χ1n) is 7.18. The Kier molecular flexibility index (Phi) is 4.94. The molecule has 0 atom stereocenters. The van der Waals surface area contributed by atoms with Gasteiger partial charge in [-0.25, -0.2) is 0 Å². The van der Waals surface area contributed by atoms with E-state index in [0.717, 1.165) is 22.3 Å². The predicted molar refractivity (Wildman–Crippen MR) is 86.4 cm³/mol. The minimum atomic E-state index is -0.310. The van der Waals surface area contributed by atoms with E-state index in [1.165, 1.54) is 0 Å². The number of carbonyl (C=O) groups is 2. The van der Waals surface area contributed by atoms with Crippen molar-refractivity contribution in [2.45, 2.75) is 27.2 Å². The molecule has 2 N–H and O–H groups in total. The summed E-state index contributed by atoms with van der Waals surface area (Å²) in [5.41, 5.74) is 9.45. The molecule has 0 unspecified atom stereocenters. The second kappa shape index (κ2) is 6.89. The van der Waals surface area contributed by atoms with E-state index in [0.29, 0.717) is 5.56 Å². The zero-order chi connectivity index (χ0) is 16.1. The number of hydrazine groups is 1. The molecule has 0 aliphatic carbocycles. The molecule has 0 saturated carbocycles. The van der Waals surface area contributed by atoms with Crippen molar-refractivity contribution >= 4 is 11.8 Å². The number of amides is 2. The molecule has 0 heterocycles. The Morgan fingerprint density at radius 1 is 0.909 bits per heavy atom. The van der Waals surface area contributed by atoms with Crippen LogP contribution in [0.4, 0.5) is 0 Å². The Morgan fingerprint density at radius 3 is 2.32 bits per heavy atom. The third kappa shape index (κ3) is 3.95. The van der Waals surface area contributed by atoms with Gasteiger partial charge in [0.25, 0.3) is 5.91 Å². The van der Waals surface area contributed by atoms with Gasteiger partial charge in [-0.1, -0.05) is 42.0 Å². The molecule has 0 radical (unpaired) electrons. The van der Waals surface area contributed by atoms with Crippen LogP contribution in [-0.2, 0) is 11.2 Å². The fourth-order valence-corrected chi connectivity index (χ4v) is 2.29. The van der Waals surface area contributed by atoms with Gasteiger partial charge in [0.2, 0.25) is 5.91 Å². The van der Waals surface area contributed by atoms with Crippen LogP contribution in [0, 0.1) is 20.8 Å². The van der Waals surface area contributed by atoms with Crippen molar-refractivity contribution < 1.29 is 9.59 Å². The standard InChI is InChI=1S/C18H20N2O2/c1-12-8-9-16(14(3)10-12)18(22)20-19-17(21)11-15-7-5-4-6-13(15)2/h4-10H,11H2,1-3H3,(H,19,21)(H,20,22). The first-order chi connectivity index (χ1) is 10.5. The molecule has 0 fully saturated rings. The summed E-state index contributed by atoms with van der Waals surface area (Å²) in [7, 11) is 0. The molecule has 0 saturated heterocycles. The Balaban J connectivity index is 1.93. The summed E-state index contributed by atoms with van der Waals surface area (Å²) in [4.78, 5) is 24.0. The van der Waals surface area contributed by atoms with Crippen LogP contribution >= 0.6 is 0 Å². The van der Waals surface area contributed by atoms with Gasteiger partial charge in [-0.05, 0) is 43.5 Å². The van der Waals surface area contributed by atoms with E-state index >= 15 is 0 Å². The van der Waals surface area contributed by atoms with Crippen molar-refractivity contribution in [3.63, 3.8) is 0 Å². The highest BCUT2D eigenvalue weighted by atomic mass is 16.2. The van der Waals surface area contributed by atoms with Crippen LogP contribution < -0.4 is 10.9 Å². The molecule has 0 bridgehead atoms. The lowest BCUT2D eigenvalue weighted by atomic mass is 10.1. The smallest absolute Gasteiger partial charge is 0.269 e. The molecule has 4 nitrogen and oxygen atoms in total. The third-order valence-electron chi connectivity index (χ3n) is 3.55. The van der Waals surface area contributed by atoms with Gasteiger partial charge >= 0.3 is 0 Å². The number of aryl methyl sites for hydroxylation is 3. The van der Waals surface area contributed by atoms with Crippen LogP contribution in [0.3, 0.4) is 0 Å². The number of hydrogen-bond donors (Lipinski definition) is 2. The second-order valence-electron chi connectivity index (χ2n) is 5.42. The predicted octanol–water partition coefficient (Wildman–Crippen LogP) is 2.62. The normalized spacial score (nSPS) is 10.1. The van der Waals surface area contributed by atoms with Crippen LogP contribution in [0.25, 0.3) is 0 Å². The maximum absolute atomic E-state index is 12.1. The third-order valence-corrected chi connectivity index (χ3v) is 3.55. The molecule has 4 heteroatoms. The molecule has 2 rings (SSSR count). The van der Waals surface area contributed by atoms with Crippen LogP contribution in [0.5, 0.6) is 0 Å². The van der Waals surface area contributed by atoms with Gasteiger partial charge in [0.1, 0.15) is 0 Å². The number of benzene rings is 2. The van der Waals surface area contributed by atoms with Gasteiger partial charge in [-0.3, -0.25) is 20.4 Å².